The lowest BCUT2D eigenvalue weighted by Crippen LogP contribution is -2.44. The Kier molecular flexibility index (Phi) is 5.43. The van der Waals surface area contributed by atoms with Crippen molar-refractivity contribution >= 4 is 5.82 Å². The number of halogens is 1. The summed E-state index contributed by atoms with van der Waals surface area (Å²) in [6.45, 7) is 2.26. The Labute approximate surface area is 142 Å². The molecule has 2 heterocycles. The summed E-state index contributed by atoms with van der Waals surface area (Å²) in [5, 5.41) is 13.6. The Hall–Kier alpha value is -1.98. The molecule has 1 aliphatic heterocycles. The number of anilines is 1. The Morgan fingerprint density at radius 1 is 1.25 bits per heavy atom. The molecule has 24 heavy (non-hydrogen) atoms. The van der Waals surface area contributed by atoms with Crippen LogP contribution < -0.4 is 5.32 Å². The molecule has 1 fully saturated rings. The second-order valence-corrected chi connectivity index (χ2v) is 6.41. The smallest absolute Gasteiger partial charge is 0.130 e. The van der Waals surface area contributed by atoms with Crippen LogP contribution in [0.1, 0.15) is 17.5 Å². The molecule has 1 aromatic carbocycles. The molecule has 0 aliphatic carbocycles. The monoisotopic (exact) mass is 329 g/mol. The zero-order valence-electron chi connectivity index (χ0n) is 14.0. The van der Waals surface area contributed by atoms with Crippen molar-refractivity contribution < 1.29 is 9.50 Å². The second kappa shape index (κ2) is 7.73. The van der Waals surface area contributed by atoms with Crippen LogP contribution in [-0.4, -0.2) is 41.2 Å². The first-order valence-corrected chi connectivity index (χ1v) is 8.43. The van der Waals surface area contributed by atoms with E-state index in [1.807, 2.05) is 25.2 Å². The maximum Gasteiger partial charge on any atom is 0.130 e. The van der Waals surface area contributed by atoms with Crippen molar-refractivity contribution in [3.8, 4) is 0 Å². The molecule has 5 heteroatoms. The lowest BCUT2D eigenvalue weighted by atomic mass is 9.87. The molecule has 0 amide bonds. The summed E-state index contributed by atoms with van der Waals surface area (Å²) in [5.74, 6) is 0.803. The van der Waals surface area contributed by atoms with Crippen LogP contribution in [0.25, 0.3) is 0 Å². The number of aromatic nitrogens is 1. The van der Waals surface area contributed by atoms with E-state index in [0.717, 1.165) is 30.9 Å². The normalized spacial score (nSPS) is 21.6. The molecular formula is C19H24FN3O. The number of nitrogens with one attached hydrogen (secondary N) is 1. The predicted molar refractivity (Wildman–Crippen MR) is 93.3 cm³/mol. The summed E-state index contributed by atoms with van der Waals surface area (Å²) in [4.78, 5) is 6.56. The van der Waals surface area contributed by atoms with Gasteiger partial charge in [-0.3, -0.25) is 4.90 Å². The lowest BCUT2D eigenvalue weighted by molar-refractivity contribution is 0.0185. The molecule has 128 valence electrons. The zero-order valence-corrected chi connectivity index (χ0v) is 14.0. The quantitative estimate of drug-likeness (QED) is 0.885. The van der Waals surface area contributed by atoms with Gasteiger partial charge in [-0.15, -0.1) is 0 Å². The fourth-order valence-electron chi connectivity index (χ4n) is 3.41. The maximum atomic E-state index is 13.8. The third-order valence-electron chi connectivity index (χ3n) is 4.77. The van der Waals surface area contributed by atoms with E-state index < -0.39 is 6.10 Å². The van der Waals surface area contributed by atoms with Gasteiger partial charge in [0.2, 0.25) is 0 Å². The summed E-state index contributed by atoms with van der Waals surface area (Å²) in [6, 6.07) is 10.8. The van der Waals surface area contributed by atoms with Gasteiger partial charge in [0.05, 0.1) is 6.10 Å². The minimum Gasteiger partial charge on any atom is -0.391 e. The number of rotatable bonds is 5. The molecule has 0 spiro atoms. The fourth-order valence-corrected chi connectivity index (χ4v) is 3.41. The molecule has 4 nitrogen and oxygen atoms in total. The van der Waals surface area contributed by atoms with Crippen molar-refractivity contribution in [2.45, 2.75) is 25.5 Å². The summed E-state index contributed by atoms with van der Waals surface area (Å²) in [5.41, 5.74) is 1.82. The Morgan fingerprint density at radius 2 is 2.04 bits per heavy atom. The lowest BCUT2D eigenvalue weighted by Gasteiger charge is -2.36. The van der Waals surface area contributed by atoms with Crippen molar-refractivity contribution in [1.82, 2.24) is 9.88 Å². The van der Waals surface area contributed by atoms with Gasteiger partial charge in [-0.2, -0.15) is 0 Å². The second-order valence-electron chi connectivity index (χ2n) is 6.41. The van der Waals surface area contributed by atoms with Crippen molar-refractivity contribution in [2.24, 2.45) is 5.92 Å². The summed E-state index contributed by atoms with van der Waals surface area (Å²) < 4.78 is 13.8. The molecule has 2 atom stereocenters. The van der Waals surface area contributed by atoms with Crippen LogP contribution in [0, 0.1) is 11.7 Å². The Morgan fingerprint density at radius 3 is 2.79 bits per heavy atom. The molecule has 0 saturated carbocycles. The number of nitrogens with zero attached hydrogens (tertiary/aromatic N) is 2. The van der Waals surface area contributed by atoms with Crippen molar-refractivity contribution in [3.63, 3.8) is 0 Å². The molecule has 1 saturated heterocycles. The SMILES string of the molecule is CNc1ncccc1CN1CC[C@H](Cc2ccccc2F)[C@@H](O)C1. The van der Waals surface area contributed by atoms with Gasteiger partial charge < -0.3 is 10.4 Å². The van der Waals surface area contributed by atoms with E-state index in [9.17, 15) is 9.50 Å². The highest BCUT2D eigenvalue weighted by Gasteiger charge is 2.28. The number of pyridine rings is 1. The molecule has 0 radical (unpaired) electrons. The molecule has 0 bridgehead atoms. The highest BCUT2D eigenvalue weighted by Crippen LogP contribution is 2.25. The van der Waals surface area contributed by atoms with E-state index >= 15 is 0 Å². The standard InChI is InChI=1S/C19H24FN3O/c1-21-19-16(6-4-9-22-19)12-23-10-8-15(18(24)13-23)11-14-5-2-3-7-17(14)20/h2-7,9,15,18,24H,8,10-13H2,1H3,(H,21,22)/t15-,18+/m1/s1. The number of β-amino-alcohol motifs (C(OH)–C–C–N with tert-alkyl or cyclic N) is 1. The Balaban J connectivity index is 1.60. The first kappa shape index (κ1) is 16.9. The zero-order chi connectivity index (χ0) is 16.9. The molecule has 0 unspecified atom stereocenters. The summed E-state index contributed by atoms with van der Waals surface area (Å²) >= 11 is 0. The largest absolute Gasteiger partial charge is 0.391 e. The summed E-state index contributed by atoms with van der Waals surface area (Å²) in [7, 11) is 1.86. The number of likely N-dealkylation sites (tertiary alicyclic amines) is 1. The predicted octanol–water partition coefficient (Wildman–Crippen LogP) is 2.69. The van der Waals surface area contributed by atoms with Crippen LogP contribution >= 0.6 is 0 Å². The van der Waals surface area contributed by atoms with Crippen LogP contribution in [0.2, 0.25) is 0 Å². The van der Waals surface area contributed by atoms with E-state index in [1.54, 1.807) is 12.3 Å². The van der Waals surface area contributed by atoms with Crippen LogP contribution in [0.5, 0.6) is 0 Å². The van der Waals surface area contributed by atoms with E-state index in [-0.39, 0.29) is 11.7 Å². The molecule has 1 aliphatic rings. The highest BCUT2D eigenvalue weighted by molar-refractivity contribution is 5.42. The number of hydrogen-bond acceptors (Lipinski definition) is 4. The van der Waals surface area contributed by atoms with E-state index in [1.165, 1.54) is 6.07 Å². The van der Waals surface area contributed by atoms with E-state index in [4.69, 9.17) is 0 Å². The first-order chi connectivity index (χ1) is 11.7. The Bertz CT molecular complexity index is 679. The van der Waals surface area contributed by atoms with Gasteiger partial charge >= 0.3 is 0 Å². The topological polar surface area (TPSA) is 48.4 Å². The molecule has 2 aromatic rings. The minimum atomic E-state index is -0.437. The van der Waals surface area contributed by atoms with E-state index in [0.29, 0.717) is 18.5 Å². The van der Waals surface area contributed by atoms with Gasteiger partial charge in [0.15, 0.2) is 0 Å². The number of aliphatic hydroxyl groups is 1. The number of piperidine rings is 1. The van der Waals surface area contributed by atoms with Gasteiger partial charge in [0, 0.05) is 31.9 Å². The van der Waals surface area contributed by atoms with Crippen molar-refractivity contribution in [3.05, 3.63) is 59.5 Å². The first-order valence-electron chi connectivity index (χ1n) is 8.43. The molecule has 2 N–H and O–H groups in total. The van der Waals surface area contributed by atoms with Crippen LogP contribution in [-0.2, 0) is 13.0 Å². The number of hydrogen-bond donors (Lipinski definition) is 2. The summed E-state index contributed by atoms with van der Waals surface area (Å²) in [6.07, 6.45) is 2.79. The van der Waals surface area contributed by atoms with Crippen molar-refractivity contribution in [2.75, 3.05) is 25.5 Å². The van der Waals surface area contributed by atoms with E-state index in [2.05, 4.69) is 21.3 Å². The average molecular weight is 329 g/mol. The third-order valence-corrected chi connectivity index (χ3v) is 4.77. The van der Waals surface area contributed by atoms with Gasteiger partial charge in [0.25, 0.3) is 0 Å². The van der Waals surface area contributed by atoms with Crippen LogP contribution in [0.4, 0.5) is 10.2 Å². The van der Waals surface area contributed by atoms with Gasteiger partial charge in [-0.25, -0.2) is 9.37 Å². The van der Waals surface area contributed by atoms with Gasteiger partial charge in [0.1, 0.15) is 11.6 Å². The van der Waals surface area contributed by atoms with Gasteiger partial charge in [-0.1, -0.05) is 24.3 Å². The minimum absolute atomic E-state index is 0.107. The van der Waals surface area contributed by atoms with Crippen molar-refractivity contribution in [1.29, 1.82) is 0 Å². The number of benzene rings is 1. The molecular weight excluding hydrogens is 305 g/mol. The highest BCUT2D eigenvalue weighted by atomic mass is 19.1. The molecule has 3 rings (SSSR count). The maximum absolute atomic E-state index is 13.8. The van der Waals surface area contributed by atoms with Gasteiger partial charge in [-0.05, 0) is 43.0 Å². The average Bonchev–Trinajstić information content (AvgIpc) is 2.59. The molecule has 1 aromatic heterocycles. The van der Waals surface area contributed by atoms with Crippen LogP contribution in [0.15, 0.2) is 42.6 Å². The fraction of sp³-hybridized carbons (Fsp3) is 0.421. The number of aliphatic hydroxyl groups excluding tert-OH is 1. The van der Waals surface area contributed by atoms with Crippen LogP contribution in [0.3, 0.4) is 0 Å². The third kappa shape index (κ3) is 3.91.